The second-order valence-corrected chi connectivity index (χ2v) is 9.60. The van der Waals surface area contributed by atoms with Crippen LogP contribution in [0.2, 0.25) is 0 Å². The van der Waals surface area contributed by atoms with Crippen LogP contribution in [0.25, 0.3) is 0 Å². The molecule has 0 unspecified atom stereocenters. The molecule has 2 aromatic rings. The maximum atomic E-state index is 12.7. The first-order valence-corrected chi connectivity index (χ1v) is 11.4. The molecule has 1 saturated carbocycles. The first-order valence-electron chi connectivity index (χ1n) is 10.5. The third-order valence-electron chi connectivity index (χ3n) is 6.05. The molecule has 160 valence electrons. The highest BCUT2D eigenvalue weighted by Crippen LogP contribution is 2.39. The smallest absolute Gasteiger partial charge is 0.406 e. The van der Waals surface area contributed by atoms with Gasteiger partial charge in [0.05, 0.1) is 16.3 Å². The van der Waals surface area contributed by atoms with E-state index in [0.717, 1.165) is 22.6 Å². The van der Waals surface area contributed by atoms with Crippen molar-refractivity contribution in [2.75, 3.05) is 13.1 Å². The number of carbonyl (C=O) groups excluding carboxylic acids is 2. The van der Waals surface area contributed by atoms with Gasteiger partial charge in [-0.15, -0.1) is 11.3 Å². The van der Waals surface area contributed by atoms with Crippen molar-refractivity contribution in [2.45, 2.75) is 52.5 Å². The molecule has 0 radical (unpaired) electrons. The minimum atomic E-state index is -0.351. The second kappa shape index (κ2) is 8.71. The summed E-state index contributed by atoms with van der Waals surface area (Å²) in [5.41, 5.74) is 1.32. The predicted molar refractivity (Wildman–Crippen MR) is 115 cm³/mol. The van der Waals surface area contributed by atoms with Crippen LogP contribution >= 0.6 is 11.3 Å². The number of ether oxygens (including phenoxy) is 1. The van der Waals surface area contributed by atoms with Crippen LogP contribution in [0.4, 0.5) is 4.79 Å². The van der Waals surface area contributed by atoms with Crippen molar-refractivity contribution < 1.29 is 14.3 Å². The molecule has 2 amide bonds. The zero-order chi connectivity index (χ0) is 21.3. The molecule has 1 aliphatic carbocycles. The predicted octanol–water partition coefficient (Wildman–Crippen LogP) is 3.88. The number of hydrogen-bond acceptors (Lipinski definition) is 6. The first-order chi connectivity index (χ1) is 14.4. The Bertz CT molecular complexity index is 912. The van der Waals surface area contributed by atoms with Crippen LogP contribution in [-0.2, 0) is 0 Å². The van der Waals surface area contributed by atoms with Crippen LogP contribution < -0.4 is 10.1 Å². The minimum Gasteiger partial charge on any atom is -0.406 e. The number of thiophene rings is 1. The second-order valence-electron chi connectivity index (χ2n) is 8.31. The van der Waals surface area contributed by atoms with Gasteiger partial charge in [0.15, 0.2) is 5.75 Å². The van der Waals surface area contributed by atoms with Gasteiger partial charge in [0.2, 0.25) is 0 Å². The molecule has 30 heavy (non-hydrogen) atoms. The van der Waals surface area contributed by atoms with Crippen LogP contribution in [0.1, 0.15) is 51.6 Å². The van der Waals surface area contributed by atoms with Gasteiger partial charge in [0.1, 0.15) is 6.33 Å². The van der Waals surface area contributed by atoms with Gasteiger partial charge >= 0.3 is 6.09 Å². The van der Waals surface area contributed by atoms with Crippen molar-refractivity contribution in [1.29, 1.82) is 0 Å². The van der Waals surface area contributed by atoms with E-state index < -0.39 is 0 Å². The Hall–Kier alpha value is -2.48. The molecule has 8 heteroatoms. The summed E-state index contributed by atoms with van der Waals surface area (Å²) in [6, 6.07) is 4.07. The molecular formula is C22H28N4O3S. The molecule has 2 aromatic heterocycles. The fourth-order valence-corrected chi connectivity index (χ4v) is 4.95. The molecule has 1 saturated heterocycles. The summed E-state index contributed by atoms with van der Waals surface area (Å²) in [7, 11) is 0. The Morgan fingerprint density at radius 1 is 1.07 bits per heavy atom. The van der Waals surface area contributed by atoms with Crippen molar-refractivity contribution in [3.05, 3.63) is 39.6 Å². The van der Waals surface area contributed by atoms with E-state index in [0.29, 0.717) is 42.1 Å². The SMILES string of the molecule is Cc1ccc(C(=O)N[C@H](C2CC2)C2CCN(C(=O)Oc3c(C)ncnc3C)CC2)s1. The van der Waals surface area contributed by atoms with Gasteiger partial charge in [-0.3, -0.25) is 4.79 Å². The minimum absolute atomic E-state index is 0.0295. The Labute approximate surface area is 180 Å². The Balaban J connectivity index is 1.34. The summed E-state index contributed by atoms with van der Waals surface area (Å²) in [4.78, 5) is 37.2. The number of nitrogens with zero attached hydrogens (tertiary/aromatic N) is 3. The van der Waals surface area contributed by atoms with Crippen molar-refractivity contribution in [3.8, 4) is 5.75 Å². The number of hydrogen-bond donors (Lipinski definition) is 1. The van der Waals surface area contributed by atoms with E-state index >= 15 is 0 Å². The van der Waals surface area contributed by atoms with Gasteiger partial charge in [0, 0.05) is 24.0 Å². The van der Waals surface area contributed by atoms with E-state index in [1.807, 2.05) is 32.9 Å². The first kappa shape index (κ1) is 20.8. The molecule has 1 aliphatic heterocycles. The molecule has 1 atom stereocenters. The van der Waals surface area contributed by atoms with E-state index in [4.69, 9.17) is 4.74 Å². The number of rotatable bonds is 5. The third kappa shape index (κ3) is 4.64. The summed E-state index contributed by atoms with van der Waals surface area (Å²) >= 11 is 1.53. The summed E-state index contributed by atoms with van der Waals surface area (Å²) in [5.74, 6) is 1.42. The molecule has 0 bridgehead atoms. The molecule has 3 heterocycles. The molecule has 0 aromatic carbocycles. The molecular weight excluding hydrogens is 400 g/mol. The summed E-state index contributed by atoms with van der Waals surface area (Å²) in [5, 5.41) is 3.30. The summed E-state index contributed by atoms with van der Waals surface area (Å²) in [6.45, 7) is 6.89. The lowest BCUT2D eigenvalue weighted by Gasteiger charge is -2.36. The van der Waals surface area contributed by atoms with Crippen LogP contribution in [0.3, 0.4) is 0 Å². The maximum absolute atomic E-state index is 12.7. The van der Waals surface area contributed by atoms with Crippen LogP contribution in [-0.4, -0.2) is 46.0 Å². The summed E-state index contributed by atoms with van der Waals surface area (Å²) < 4.78 is 5.59. The average molecular weight is 429 g/mol. The lowest BCUT2D eigenvalue weighted by Crippen LogP contribution is -2.48. The molecule has 2 aliphatic rings. The molecule has 2 fully saturated rings. The molecule has 7 nitrogen and oxygen atoms in total. The van der Waals surface area contributed by atoms with Gasteiger partial charge in [-0.05, 0) is 70.4 Å². The van der Waals surface area contributed by atoms with Crippen molar-refractivity contribution in [2.24, 2.45) is 11.8 Å². The highest BCUT2D eigenvalue weighted by atomic mass is 32.1. The lowest BCUT2D eigenvalue weighted by molar-refractivity contribution is 0.0874. The number of piperidine rings is 1. The fraction of sp³-hybridized carbons (Fsp3) is 0.545. The van der Waals surface area contributed by atoms with E-state index in [-0.39, 0.29) is 18.0 Å². The molecule has 0 spiro atoms. The van der Waals surface area contributed by atoms with Crippen molar-refractivity contribution >= 4 is 23.3 Å². The molecule has 4 rings (SSSR count). The van der Waals surface area contributed by atoms with Crippen LogP contribution in [0.15, 0.2) is 18.5 Å². The van der Waals surface area contributed by atoms with Gasteiger partial charge in [-0.25, -0.2) is 14.8 Å². The van der Waals surface area contributed by atoms with Crippen molar-refractivity contribution in [1.82, 2.24) is 20.2 Å². The monoisotopic (exact) mass is 428 g/mol. The Morgan fingerprint density at radius 3 is 2.27 bits per heavy atom. The fourth-order valence-electron chi connectivity index (χ4n) is 4.18. The van der Waals surface area contributed by atoms with Crippen LogP contribution in [0.5, 0.6) is 5.75 Å². The Morgan fingerprint density at radius 2 is 1.70 bits per heavy atom. The number of aromatic nitrogens is 2. The summed E-state index contributed by atoms with van der Waals surface area (Å²) in [6.07, 6.45) is 5.19. The number of likely N-dealkylation sites (tertiary alicyclic amines) is 1. The highest BCUT2D eigenvalue weighted by Gasteiger charge is 2.39. The quantitative estimate of drug-likeness (QED) is 0.781. The number of carbonyl (C=O) groups is 2. The third-order valence-corrected chi connectivity index (χ3v) is 7.05. The lowest BCUT2D eigenvalue weighted by atomic mass is 9.86. The number of aryl methyl sites for hydroxylation is 3. The molecule has 1 N–H and O–H groups in total. The van der Waals surface area contributed by atoms with Crippen LogP contribution in [0, 0.1) is 32.6 Å². The van der Waals surface area contributed by atoms with Gasteiger partial charge in [0.25, 0.3) is 5.91 Å². The van der Waals surface area contributed by atoms with E-state index in [9.17, 15) is 9.59 Å². The normalized spacial score (nSPS) is 18.2. The zero-order valence-electron chi connectivity index (χ0n) is 17.7. The van der Waals surface area contributed by atoms with E-state index in [1.54, 1.807) is 4.90 Å². The average Bonchev–Trinajstić information content (AvgIpc) is 3.48. The largest absolute Gasteiger partial charge is 0.415 e. The number of amides is 2. The zero-order valence-corrected chi connectivity index (χ0v) is 18.5. The van der Waals surface area contributed by atoms with E-state index in [1.165, 1.54) is 30.5 Å². The van der Waals surface area contributed by atoms with Gasteiger partial charge in [-0.2, -0.15) is 0 Å². The van der Waals surface area contributed by atoms with Crippen molar-refractivity contribution in [3.63, 3.8) is 0 Å². The number of nitrogens with one attached hydrogen (secondary N) is 1. The topological polar surface area (TPSA) is 84.4 Å². The van der Waals surface area contributed by atoms with Gasteiger partial charge < -0.3 is 15.0 Å². The Kier molecular flexibility index (Phi) is 6.04. The standard InChI is InChI=1S/C22H28N4O3S/c1-13-4-7-18(30-13)21(27)25-19(16-5-6-16)17-8-10-26(11-9-17)22(28)29-20-14(2)23-12-24-15(20)3/h4,7,12,16-17,19H,5-6,8-11H2,1-3H3,(H,25,27)/t19-/m1/s1. The van der Waals surface area contributed by atoms with E-state index in [2.05, 4.69) is 15.3 Å². The van der Waals surface area contributed by atoms with Gasteiger partial charge in [-0.1, -0.05) is 0 Å². The highest BCUT2D eigenvalue weighted by molar-refractivity contribution is 7.13. The maximum Gasteiger partial charge on any atom is 0.415 e.